The van der Waals surface area contributed by atoms with Gasteiger partial charge >= 0.3 is 5.97 Å². The lowest BCUT2D eigenvalue weighted by molar-refractivity contribution is 0.0696. The monoisotopic (exact) mass is 250 g/mol. The van der Waals surface area contributed by atoms with E-state index < -0.39 is 5.97 Å². The number of hydrogen-bond acceptors (Lipinski definition) is 2. The first-order chi connectivity index (χ1) is 7.99. The normalized spacial score (nSPS) is 10.5. The van der Waals surface area contributed by atoms with Crippen LogP contribution >= 0.6 is 11.6 Å². The predicted octanol–water partition coefficient (Wildman–Crippen LogP) is 2.84. The fourth-order valence-corrected chi connectivity index (χ4v) is 1.90. The Labute approximate surface area is 103 Å². The minimum absolute atomic E-state index is 0.181. The molecule has 2 rings (SSSR count). The lowest BCUT2D eigenvalue weighted by atomic mass is 10.2. The van der Waals surface area contributed by atoms with Gasteiger partial charge in [0.25, 0.3) is 0 Å². The summed E-state index contributed by atoms with van der Waals surface area (Å²) in [5.74, 6) is -0.996. The minimum atomic E-state index is -0.996. The maximum Gasteiger partial charge on any atom is 0.337 e. The number of aromatic carboxylic acids is 1. The van der Waals surface area contributed by atoms with Crippen molar-refractivity contribution in [1.82, 2.24) is 9.78 Å². The van der Waals surface area contributed by atoms with Gasteiger partial charge in [0.1, 0.15) is 0 Å². The molecule has 0 spiro atoms. The molecule has 0 radical (unpaired) electrons. The van der Waals surface area contributed by atoms with Crippen LogP contribution in [0.3, 0.4) is 0 Å². The molecule has 1 aromatic carbocycles. The smallest absolute Gasteiger partial charge is 0.337 e. The highest BCUT2D eigenvalue weighted by molar-refractivity contribution is 6.30. The highest BCUT2D eigenvalue weighted by Gasteiger charge is 2.14. The number of rotatable bonds is 2. The second-order valence-electron chi connectivity index (χ2n) is 3.81. The van der Waals surface area contributed by atoms with Gasteiger partial charge in [-0.1, -0.05) is 11.6 Å². The highest BCUT2D eigenvalue weighted by Crippen LogP contribution is 2.21. The zero-order valence-corrected chi connectivity index (χ0v) is 10.2. The molecule has 4 nitrogen and oxygen atoms in total. The van der Waals surface area contributed by atoms with E-state index in [0.717, 1.165) is 11.4 Å². The zero-order chi connectivity index (χ0) is 12.6. The molecular weight excluding hydrogens is 240 g/mol. The van der Waals surface area contributed by atoms with Crippen molar-refractivity contribution >= 4 is 17.6 Å². The second-order valence-corrected chi connectivity index (χ2v) is 4.24. The van der Waals surface area contributed by atoms with E-state index in [1.54, 1.807) is 16.8 Å². The summed E-state index contributed by atoms with van der Waals surface area (Å²) in [6.45, 7) is 3.72. The van der Waals surface area contributed by atoms with E-state index in [0.29, 0.717) is 10.7 Å². The van der Waals surface area contributed by atoms with Crippen molar-refractivity contribution < 1.29 is 9.90 Å². The van der Waals surface area contributed by atoms with Gasteiger partial charge in [-0.2, -0.15) is 5.10 Å². The molecule has 0 aliphatic carbocycles. The molecule has 1 N–H and O–H groups in total. The summed E-state index contributed by atoms with van der Waals surface area (Å²) in [6, 6.07) is 6.52. The van der Waals surface area contributed by atoms with Crippen LogP contribution in [0.5, 0.6) is 0 Å². The van der Waals surface area contributed by atoms with Crippen molar-refractivity contribution in [3.8, 4) is 5.69 Å². The lowest BCUT2D eigenvalue weighted by Crippen LogP contribution is -2.07. The third kappa shape index (κ3) is 2.17. The van der Waals surface area contributed by atoms with Gasteiger partial charge in [0.2, 0.25) is 0 Å². The summed E-state index contributed by atoms with van der Waals surface area (Å²) in [7, 11) is 0. The van der Waals surface area contributed by atoms with Gasteiger partial charge in [0, 0.05) is 10.7 Å². The number of aromatic nitrogens is 2. The number of carbonyl (C=O) groups is 1. The molecule has 0 saturated heterocycles. The predicted molar refractivity (Wildman–Crippen MR) is 65.0 cm³/mol. The standard InChI is InChI=1S/C12H11ClN2O2/c1-7-5-8(2)15(14-7)11-6-9(13)3-4-10(11)12(16)17/h3-6H,1-2H3,(H,16,17). The topological polar surface area (TPSA) is 55.1 Å². The lowest BCUT2D eigenvalue weighted by Gasteiger charge is -2.08. The van der Waals surface area contributed by atoms with E-state index in [1.165, 1.54) is 6.07 Å². The Bertz CT molecular complexity index is 590. The summed E-state index contributed by atoms with van der Waals surface area (Å²) in [5.41, 5.74) is 2.36. The van der Waals surface area contributed by atoms with Crippen LogP contribution in [-0.4, -0.2) is 20.9 Å². The van der Waals surface area contributed by atoms with Crippen molar-refractivity contribution in [2.75, 3.05) is 0 Å². The Morgan fingerprint density at radius 3 is 2.59 bits per heavy atom. The van der Waals surface area contributed by atoms with Crippen molar-refractivity contribution in [2.24, 2.45) is 0 Å². The maximum absolute atomic E-state index is 11.1. The van der Waals surface area contributed by atoms with E-state index >= 15 is 0 Å². The number of benzene rings is 1. The molecule has 0 amide bonds. The number of carboxylic acids is 1. The Hall–Kier alpha value is -1.81. The molecule has 17 heavy (non-hydrogen) atoms. The minimum Gasteiger partial charge on any atom is -0.478 e. The summed E-state index contributed by atoms with van der Waals surface area (Å²) < 4.78 is 1.59. The number of carboxylic acid groups (broad SMARTS) is 1. The van der Waals surface area contributed by atoms with Gasteiger partial charge in [0.05, 0.1) is 16.9 Å². The Morgan fingerprint density at radius 2 is 2.06 bits per heavy atom. The van der Waals surface area contributed by atoms with Gasteiger partial charge in [0.15, 0.2) is 0 Å². The Balaban J connectivity index is 2.69. The van der Waals surface area contributed by atoms with Gasteiger partial charge in [-0.15, -0.1) is 0 Å². The quantitative estimate of drug-likeness (QED) is 0.892. The molecule has 0 fully saturated rings. The third-order valence-electron chi connectivity index (χ3n) is 2.43. The Kier molecular flexibility index (Phi) is 2.90. The largest absolute Gasteiger partial charge is 0.478 e. The molecule has 0 unspecified atom stereocenters. The third-order valence-corrected chi connectivity index (χ3v) is 2.66. The van der Waals surface area contributed by atoms with E-state index in [2.05, 4.69) is 5.10 Å². The molecule has 2 aromatic rings. The first kappa shape index (κ1) is 11.7. The van der Waals surface area contributed by atoms with Crippen LogP contribution in [0.2, 0.25) is 5.02 Å². The van der Waals surface area contributed by atoms with E-state index in [4.69, 9.17) is 16.7 Å². The van der Waals surface area contributed by atoms with Crippen LogP contribution in [0.25, 0.3) is 5.69 Å². The first-order valence-corrected chi connectivity index (χ1v) is 5.43. The zero-order valence-electron chi connectivity index (χ0n) is 9.44. The molecule has 1 heterocycles. The molecular formula is C12H11ClN2O2. The van der Waals surface area contributed by atoms with Crippen LogP contribution < -0.4 is 0 Å². The molecule has 0 aliphatic rings. The van der Waals surface area contributed by atoms with Crippen LogP contribution in [0.4, 0.5) is 0 Å². The van der Waals surface area contributed by atoms with E-state index in [1.807, 2.05) is 19.9 Å². The van der Waals surface area contributed by atoms with Crippen LogP contribution in [0.1, 0.15) is 21.7 Å². The van der Waals surface area contributed by atoms with Gasteiger partial charge in [-0.3, -0.25) is 0 Å². The molecule has 0 saturated carbocycles. The average molecular weight is 251 g/mol. The molecule has 1 aromatic heterocycles. The SMILES string of the molecule is Cc1cc(C)n(-c2cc(Cl)ccc2C(=O)O)n1. The average Bonchev–Trinajstić information content (AvgIpc) is 2.57. The van der Waals surface area contributed by atoms with E-state index in [-0.39, 0.29) is 5.56 Å². The molecule has 5 heteroatoms. The first-order valence-electron chi connectivity index (χ1n) is 5.05. The highest BCUT2D eigenvalue weighted by atomic mass is 35.5. The van der Waals surface area contributed by atoms with Gasteiger partial charge < -0.3 is 5.11 Å². The number of hydrogen-bond donors (Lipinski definition) is 1. The van der Waals surface area contributed by atoms with Crippen LogP contribution in [-0.2, 0) is 0 Å². The van der Waals surface area contributed by atoms with Crippen molar-refractivity contribution in [2.45, 2.75) is 13.8 Å². The van der Waals surface area contributed by atoms with Crippen molar-refractivity contribution in [3.63, 3.8) is 0 Å². The summed E-state index contributed by atoms with van der Waals surface area (Å²) in [5, 5.41) is 13.9. The van der Waals surface area contributed by atoms with Crippen LogP contribution in [0, 0.1) is 13.8 Å². The van der Waals surface area contributed by atoms with Crippen LogP contribution in [0.15, 0.2) is 24.3 Å². The van der Waals surface area contributed by atoms with Gasteiger partial charge in [-0.25, -0.2) is 9.48 Å². The Morgan fingerprint density at radius 1 is 1.35 bits per heavy atom. The number of nitrogens with zero attached hydrogens (tertiary/aromatic N) is 2. The summed E-state index contributed by atoms with van der Waals surface area (Å²) in [6.07, 6.45) is 0. The van der Waals surface area contributed by atoms with Gasteiger partial charge in [-0.05, 0) is 38.1 Å². The maximum atomic E-state index is 11.1. The molecule has 0 aliphatic heterocycles. The molecule has 88 valence electrons. The fourth-order valence-electron chi connectivity index (χ4n) is 1.73. The summed E-state index contributed by atoms with van der Waals surface area (Å²) >= 11 is 5.90. The fraction of sp³-hybridized carbons (Fsp3) is 0.167. The van der Waals surface area contributed by atoms with Crippen molar-refractivity contribution in [1.29, 1.82) is 0 Å². The summed E-state index contributed by atoms with van der Waals surface area (Å²) in [4.78, 5) is 11.1. The second kappa shape index (κ2) is 4.22. The number of aryl methyl sites for hydroxylation is 2. The molecule has 0 atom stereocenters. The van der Waals surface area contributed by atoms with E-state index in [9.17, 15) is 4.79 Å². The number of halogens is 1. The van der Waals surface area contributed by atoms with Crippen molar-refractivity contribution in [3.05, 3.63) is 46.2 Å². The molecule has 0 bridgehead atoms.